The van der Waals surface area contributed by atoms with Gasteiger partial charge in [-0.05, 0) is 96.1 Å². The molecular formula is C58H37N3. The maximum Gasteiger partial charge on any atom is 0.164 e. The standard InChI is InChI=1S/C58H37N3/c1-4-17-39(18-5-1)48-36-50-47-27-12-15-30-53(47)58(51-28-13-10-25-45(51)46-26-11-14-29-52(46)58)54(50)37-49(48)40-33-31-38(32-34-40)43-23-16-24-44(35-43)57-60-55(41-19-6-2-7-20-41)59-56(61-57)42-21-8-3-9-22-42/h1-37H. The molecule has 1 aromatic heterocycles. The van der Waals surface area contributed by atoms with Crippen molar-refractivity contribution in [3.05, 3.63) is 247 Å². The van der Waals surface area contributed by atoms with Crippen LogP contribution >= 0.6 is 0 Å². The van der Waals surface area contributed by atoms with E-state index in [1.165, 1.54) is 66.8 Å². The summed E-state index contributed by atoms with van der Waals surface area (Å²) >= 11 is 0. The smallest absolute Gasteiger partial charge is 0.164 e. The van der Waals surface area contributed by atoms with Crippen LogP contribution < -0.4 is 0 Å². The molecule has 3 heteroatoms. The van der Waals surface area contributed by atoms with Crippen molar-refractivity contribution in [3.8, 4) is 89.8 Å². The Morgan fingerprint density at radius 2 is 0.590 bits per heavy atom. The van der Waals surface area contributed by atoms with Gasteiger partial charge in [0, 0.05) is 16.7 Å². The molecule has 3 nitrogen and oxygen atoms in total. The SMILES string of the molecule is c1ccc(-c2nc(-c3ccccc3)nc(-c3cccc(-c4ccc(-c5cc6c(cc5-c5ccccc5)-c5ccccc5C65c6ccccc6-c6ccccc65)cc4)c3)n2)cc1. The van der Waals surface area contributed by atoms with Gasteiger partial charge in [-0.3, -0.25) is 0 Å². The van der Waals surface area contributed by atoms with Crippen LogP contribution in [-0.4, -0.2) is 15.0 Å². The number of hydrogen-bond acceptors (Lipinski definition) is 3. The number of aromatic nitrogens is 3. The van der Waals surface area contributed by atoms with Crippen molar-refractivity contribution in [1.29, 1.82) is 0 Å². The molecule has 0 radical (unpaired) electrons. The second-order valence-corrected chi connectivity index (χ2v) is 15.9. The maximum atomic E-state index is 5.01. The molecule has 2 aliphatic carbocycles. The summed E-state index contributed by atoms with van der Waals surface area (Å²) in [5.41, 5.74) is 20.0. The molecule has 0 fully saturated rings. The highest BCUT2D eigenvalue weighted by atomic mass is 15.0. The Hall–Kier alpha value is -8.01. The number of rotatable bonds is 6. The lowest BCUT2D eigenvalue weighted by Crippen LogP contribution is -2.25. The molecule has 1 heterocycles. The van der Waals surface area contributed by atoms with Crippen molar-refractivity contribution in [2.24, 2.45) is 0 Å². The monoisotopic (exact) mass is 775 g/mol. The summed E-state index contributed by atoms with van der Waals surface area (Å²) in [6, 6.07) is 80.7. The lowest BCUT2D eigenvalue weighted by Gasteiger charge is -2.31. The summed E-state index contributed by atoms with van der Waals surface area (Å²) in [7, 11) is 0. The number of hydrogen-bond donors (Lipinski definition) is 0. The molecule has 284 valence electrons. The second kappa shape index (κ2) is 14.1. The highest BCUT2D eigenvalue weighted by Crippen LogP contribution is 2.63. The zero-order valence-corrected chi connectivity index (χ0v) is 33.2. The molecule has 0 N–H and O–H groups in total. The molecule has 0 saturated carbocycles. The van der Waals surface area contributed by atoms with Crippen LogP contribution in [-0.2, 0) is 5.41 Å². The van der Waals surface area contributed by atoms with Gasteiger partial charge < -0.3 is 0 Å². The minimum Gasteiger partial charge on any atom is -0.208 e. The molecule has 2 aliphatic rings. The van der Waals surface area contributed by atoms with E-state index in [-0.39, 0.29) is 0 Å². The van der Waals surface area contributed by atoms with Crippen LogP contribution in [0.1, 0.15) is 22.3 Å². The Labute approximate surface area is 355 Å². The molecule has 61 heavy (non-hydrogen) atoms. The van der Waals surface area contributed by atoms with Gasteiger partial charge in [0.2, 0.25) is 0 Å². The summed E-state index contributed by atoms with van der Waals surface area (Å²) in [6.45, 7) is 0. The minimum atomic E-state index is -0.417. The molecule has 12 rings (SSSR count). The molecule has 9 aromatic carbocycles. The molecule has 1 spiro atoms. The fourth-order valence-corrected chi connectivity index (χ4v) is 9.85. The fraction of sp³-hybridized carbons (Fsp3) is 0.0172. The van der Waals surface area contributed by atoms with Crippen molar-refractivity contribution < 1.29 is 0 Å². The first-order chi connectivity index (χ1) is 30.2. The Morgan fingerprint density at radius 1 is 0.213 bits per heavy atom. The van der Waals surface area contributed by atoms with Gasteiger partial charge >= 0.3 is 0 Å². The molecule has 0 amide bonds. The Bertz CT molecular complexity index is 3180. The topological polar surface area (TPSA) is 38.7 Å². The average molecular weight is 776 g/mol. The van der Waals surface area contributed by atoms with E-state index in [1.807, 2.05) is 60.7 Å². The Morgan fingerprint density at radius 3 is 1.13 bits per heavy atom. The molecule has 0 aliphatic heterocycles. The highest BCUT2D eigenvalue weighted by Gasteiger charge is 2.51. The Balaban J connectivity index is 0.995. The summed E-state index contributed by atoms with van der Waals surface area (Å²) in [5, 5.41) is 0. The third-order valence-electron chi connectivity index (χ3n) is 12.6. The van der Waals surface area contributed by atoms with Gasteiger partial charge in [-0.15, -0.1) is 0 Å². The van der Waals surface area contributed by atoms with Crippen molar-refractivity contribution in [2.45, 2.75) is 5.41 Å². The lowest BCUT2D eigenvalue weighted by molar-refractivity contribution is 0.794. The molecular weight excluding hydrogens is 739 g/mol. The van der Waals surface area contributed by atoms with Gasteiger partial charge in [0.1, 0.15) is 0 Å². The predicted molar refractivity (Wildman–Crippen MR) is 249 cm³/mol. The van der Waals surface area contributed by atoms with Crippen LogP contribution in [0.25, 0.3) is 89.8 Å². The first kappa shape index (κ1) is 35.0. The Kier molecular flexibility index (Phi) is 8.07. The van der Waals surface area contributed by atoms with E-state index in [4.69, 9.17) is 15.0 Å². The van der Waals surface area contributed by atoms with Crippen LogP contribution in [0.5, 0.6) is 0 Å². The van der Waals surface area contributed by atoms with E-state index in [0.29, 0.717) is 17.5 Å². The van der Waals surface area contributed by atoms with Crippen molar-refractivity contribution in [1.82, 2.24) is 15.0 Å². The van der Waals surface area contributed by atoms with Crippen LogP contribution in [0.3, 0.4) is 0 Å². The first-order valence-corrected chi connectivity index (χ1v) is 20.9. The van der Waals surface area contributed by atoms with E-state index in [0.717, 1.165) is 27.8 Å². The first-order valence-electron chi connectivity index (χ1n) is 20.9. The molecule has 0 unspecified atom stereocenters. The second-order valence-electron chi connectivity index (χ2n) is 15.9. The van der Waals surface area contributed by atoms with Gasteiger partial charge in [-0.25, -0.2) is 15.0 Å². The van der Waals surface area contributed by atoms with Gasteiger partial charge in [0.15, 0.2) is 17.5 Å². The van der Waals surface area contributed by atoms with Crippen LogP contribution in [0.4, 0.5) is 0 Å². The maximum absolute atomic E-state index is 5.01. The zero-order valence-electron chi connectivity index (χ0n) is 33.2. The largest absolute Gasteiger partial charge is 0.208 e. The highest BCUT2D eigenvalue weighted by molar-refractivity contribution is 5.99. The minimum absolute atomic E-state index is 0.417. The van der Waals surface area contributed by atoms with Gasteiger partial charge in [0.25, 0.3) is 0 Å². The number of nitrogens with zero attached hydrogens (tertiary/aromatic N) is 3. The summed E-state index contributed by atoms with van der Waals surface area (Å²) in [6.07, 6.45) is 0. The third-order valence-corrected chi connectivity index (χ3v) is 12.6. The zero-order chi connectivity index (χ0) is 40.3. The molecule has 0 bridgehead atoms. The van der Waals surface area contributed by atoms with Crippen LogP contribution in [0, 0.1) is 0 Å². The average Bonchev–Trinajstić information content (AvgIpc) is 3.81. The van der Waals surface area contributed by atoms with Crippen LogP contribution in [0.15, 0.2) is 224 Å². The van der Waals surface area contributed by atoms with E-state index in [1.54, 1.807) is 0 Å². The van der Waals surface area contributed by atoms with E-state index >= 15 is 0 Å². The van der Waals surface area contributed by atoms with E-state index < -0.39 is 5.41 Å². The number of fused-ring (bicyclic) bond motifs is 10. The summed E-state index contributed by atoms with van der Waals surface area (Å²) in [4.78, 5) is 14.9. The number of benzene rings is 9. The molecule has 0 saturated heterocycles. The summed E-state index contributed by atoms with van der Waals surface area (Å²) < 4.78 is 0. The summed E-state index contributed by atoms with van der Waals surface area (Å²) in [5.74, 6) is 1.94. The third kappa shape index (κ3) is 5.55. The van der Waals surface area contributed by atoms with E-state index in [2.05, 4.69) is 164 Å². The lowest BCUT2D eigenvalue weighted by atomic mass is 9.70. The predicted octanol–water partition coefficient (Wildman–Crippen LogP) is 14.2. The van der Waals surface area contributed by atoms with Crippen LogP contribution in [0.2, 0.25) is 0 Å². The van der Waals surface area contributed by atoms with Crippen molar-refractivity contribution in [2.75, 3.05) is 0 Å². The quantitative estimate of drug-likeness (QED) is 0.169. The molecule has 10 aromatic rings. The molecule has 0 atom stereocenters. The van der Waals surface area contributed by atoms with Gasteiger partial charge in [-0.2, -0.15) is 0 Å². The fourth-order valence-electron chi connectivity index (χ4n) is 9.85. The normalized spacial score (nSPS) is 12.7. The van der Waals surface area contributed by atoms with Gasteiger partial charge in [0.05, 0.1) is 5.41 Å². The van der Waals surface area contributed by atoms with Crippen molar-refractivity contribution in [3.63, 3.8) is 0 Å². The van der Waals surface area contributed by atoms with Crippen molar-refractivity contribution >= 4 is 0 Å². The van der Waals surface area contributed by atoms with E-state index in [9.17, 15) is 0 Å². The van der Waals surface area contributed by atoms with Gasteiger partial charge in [-0.1, -0.05) is 206 Å².